The van der Waals surface area contributed by atoms with Gasteiger partial charge in [-0.2, -0.15) is 5.10 Å². The van der Waals surface area contributed by atoms with Crippen LogP contribution in [0.1, 0.15) is 12.5 Å². The number of rotatable bonds is 4. The normalized spacial score (nSPS) is 11.8. The first-order chi connectivity index (χ1) is 6.03. The molecule has 13 heavy (non-hydrogen) atoms. The molecule has 1 rings (SSSR count). The van der Waals surface area contributed by atoms with Crippen molar-refractivity contribution in [1.82, 2.24) is 14.5 Å². The van der Waals surface area contributed by atoms with Crippen molar-refractivity contribution in [3.05, 3.63) is 18.0 Å². The Morgan fingerprint density at radius 1 is 1.62 bits per heavy atom. The fourth-order valence-corrected chi connectivity index (χ4v) is 1.45. The molecule has 0 saturated heterocycles. The third kappa shape index (κ3) is 3.16. The third-order valence-corrected chi connectivity index (χ3v) is 2.98. The molecule has 0 aliphatic heterocycles. The fraction of sp³-hybridized carbons (Fsp3) is 0.571. The summed E-state index contributed by atoms with van der Waals surface area (Å²) in [6.45, 7) is 1.91. The van der Waals surface area contributed by atoms with Crippen molar-refractivity contribution in [2.45, 2.75) is 13.5 Å². The molecular formula is C7H13N3O2S. The second-order valence-electron chi connectivity index (χ2n) is 2.75. The average molecular weight is 203 g/mol. The molecule has 0 bridgehead atoms. The van der Waals surface area contributed by atoms with Crippen molar-refractivity contribution < 1.29 is 8.42 Å². The van der Waals surface area contributed by atoms with Crippen LogP contribution in [0.2, 0.25) is 0 Å². The Morgan fingerprint density at radius 2 is 2.31 bits per heavy atom. The zero-order valence-corrected chi connectivity index (χ0v) is 8.50. The van der Waals surface area contributed by atoms with Crippen molar-refractivity contribution >= 4 is 10.0 Å². The Hall–Kier alpha value is -0.880. The minimum atomic E-state index is -3.10. The van der Waals surface area contributed by atoms with E-state index in [9.17, 15) is 8.42 Å². The number of hydrogen-bond donors (Lipinski definition) is 1. The highest BCUT2D eigenvalue weighted by atomic mass is 32.2. The molecule has 0 spiro atoms. The molecule has 0 aliphatic carbocycles. The lowest BCUT2D eigenvalue weighted by atomic mass is 10.4. The zero-order chi connectivity index (χ0) is 9.90. The van der Waals surface area contributed by atoms with E-state index in [1.165, 1.54) is 0 Å². The molecule has 1 N–H and O–H groups in total. The van der Waals surface area contributed by atoms with Gasteiger partial charge in [0.2, 0.25) is 10.0 Å². The number of nitrogens with one attached hydrogen (secondary N) is 1. The van der Waals surface area contributed by atoms with Crippen molar-refractivity contribution in [2.24, 2.45) is 7.05 Å². The van der Waals surface area contributed by atoms with Crippen LogP contribution in [0.15, 0.2) is 12.4 Å². The van der Waals surface area contributed by atoms with E-state index in [0.29, 0.717) is 6.54 Å². The van der Waals surface area contributed by atoms with Gasteiger partial charge in [0.15, 0.2) is 0 Å². The lowest BCUT2D eigenvalue weighted by molar-refractivity contribution is 0.582. The Labute approximate surface area is 77.8 Å². The number of nitrogens with zero attached hydrogens (tertiary/aromatic N) is 2. The van der Waals surface area contributed by atoms with Crippen LogP contribution in [0.3, 0.4) is 0 Å². The molecule has 1 heterocycles. The summed E-state index contributed by atoms with van der Waals surface area (Å²) in [7, 11) is -1.31. The van der Waals surface area contributed by atoms with E-state index >= 15 is 0 Å². The highest BCUT2D eigenvalue weighted by molar-refractivity contribution is 7.89. The van der Waals surface area contributed by atoms with Gasteiger partial charge in [0.1, 0.15) is 0 Å². The minimum Gasteiger partial charge on any atom is -0.275 e. The maximum Gasteiger partial charge on any atom is 0.211 e. The van der Waals surface area contributed by atoms with Crippen LogP contribution in [0, 0.1) is 0 Å². The lowest BCUT2D eigenvalue weighted by Crippen LogP contribution is -2.24. The maximum absolute atomic E-state index is 11.0. The molecule has 1 aromatic heterocycles. The number of aryl methyl sites for hydroxylation is 1. The first kappa shape index (κ1) is 10.2. The van der Waals surface area contributed by atoms with Gasteiger partial charge in [0.05, 0.1) is 11.9 Å². The smallest absolute Gasteiger partial charge is 0.211 e. The van der Waals surface area contributed by atoms with Gasteiger partial charge >= 0.3 is 0 Å². The van der Waals surface area contributed by atoms with E-state index in [1.807, 2.05) is 0 Å². The van der Waals surface area contributed by atoms with Gasteiger partial charge in [0.25, 0.3) is 0 Å². The summed E-state index contributed by atoms with van der Waals surface area (Å²) in [5, 5.41) is 3.92. The summed E-state index contributed by atoms with van der Waals surface area (Å²) in [6, 6.07) is 0. The Balaban J connectivity index is 2.53. The summed E-state index contributed by atoms with van der Waals surface area (Å²) >= 11 is 0. The van der Waals surface area contributed by atoms with Crippen LogP contribution in [0.5, 0.6) is 0 Å². The highest BCUT2D eigenvalue weighted by Gasteiger charge is 2.05. The van der Waals surface area contributed by atoms with E-state index in [1.54, 1.807) is 31.0 Å². The molecule has 0 aliphatic rings. The Kier molecular flexibility index (Phi) is 3.05. The van der Waals surface area contributed by atoms with Gasteiger partial charge < -0.3 is 0 Å². The van der Waals surface area contributed by atoms with E-state index in [-0.39, 0.29) is 5.75 Å². The van der Waals surface area contributed by atoms with E-state index in [0.717, 1.165) is 5.56 Å². The largest absolute Gasteiger partial charge is 0.275 e. The molecular weight excluding hydrogens is 190 g/mol. The van der Waals surface area contributed by atoms with Gasteiger partial charge in [-0.1, -0.05) is 0 Å². The van der Waals surface area contributed by atoms with Crippen LogP contribution < -0.4 is 4.72 Å². The molecule has 6 heteroatoms. The number of aromatic nitrogens is 2. The van der Waals surface area contributed by atoms with E-state index in [4.69, 9.17) is 0 Å². The fourth-order valence-electron chi connectivity index (χ4n) is 0.859. The summed E-state index contributed by atoms with van der Waals surface area (Å²) in [4.78, 5) is 0. The first-order valence-electron chi connectivity index (χ1n) is 3.98. The van der Waals surface area contributed by atoms with Crippen molar-refractivity contribution in [2.75, 3.05) is 5.75 Å². The number of sulfonamides is 1. The highest BCUT2D eigenvalue weighted by Crippen LogP contribution is 1.96. The zero-order valence-electron chi connectivity index (χ0n) is 7.69. The van der Waals surface area contributed by atoms with Gasteiger partial charge in [-0.3, -0.25) is 4.68 Å². The molecule has 1 aromatic rings. The van der Waals surface area contributed by atoms with Gasteiger partial charge in [-0.25, -0.2) is 13.1 Å². The van der Waals surface area contributed by atoms with Crippen LogP contribution in [0.4, 0.5) is 0 Å². The summed E-state index contributed by atoms with van der Waals surface area (Å²) in [5.74, 6) is 0.104. The molecule has 74 valence electrons. The van der Waals surface area contributed by atoms with Crippen molar-refractivity contribution in [3.63, 3.8) is 0 Å². The third-order valence-electron chi connectivity index (χ3n) is 1.63. The van der Waals surface area contributed by atoms with Crippen LogP contribution >= 0.6 is 0 Å². The second kappa shape index (κ2) is 3.89. The maximum atomic E-state index is 11.0. The van der Waals surface area contributed by atoms with E-state index < -0.39 is 10.0 Å². The molecule has 0 amide bonds. The predicted molar refractivity (Wildman–Crippen MR) is 49.5 cm³/mol. The SMILES string of the molecule is CCS(=O)(=O)NCc1cnn(C)c1. The predicted octanol–water partition coefficient (Wildman–Crippen LogP) is -0.141. The average Bonchev–Trinajstić information content (AvgIpc) is 2.48. The summed E-state index contributed by atoms with van der Waals surface area (Å²) in [6.07, 6.45) is 3.41. The van der Waals surface area contributed by atoms with Crippen LogP contribution in [0.25, 0.3) is 0 Å². The molecule has 5 nitrogen and oxygen atoms in total. The molecule has 0 atom stereocenters. The summed E-state index contributed by atoms with van der Waals surface area (Å²) < 4.78 is 26.2. The van der Waals surface area contributed by atoms with E-state index in [2.05, 4.69) is 9.82 Å². The quantitative estimate of drug-likeness (QED) is 0.740. The molecule has 0 fully saturated rings. The molecule has 0 radical (unpaired) electrons. The van der Waals surface area contributed by atoms with Crippen LogP contribution in [-0.4, -0.2) is 24.0 Å². The van der Waals surface area contributed by atoms with Crippen molar-refractivity contribution in [1.29, 1.82) is 0 Å². The van der Waals surface area contributed by atoms with Gasteiger partial charge in [-0.05, 0) is 6.92 Å². The standard InChI is InChI=1S/C7H13N3O2S/c1-3-13(11,12)9-5-7-4-8-10(2)6-7/h4,6,9H,3,5H2,1-2H3. The topological polar surface area (TPSA) is 64.0 Å². The van der Waals surface area contributed by atoms with Gasteiger partial charge in [0, 0.05) is 25.4 Å². The number of hydrogen-bond acceptors (Lipinski definition) is 3. The Bertz CT molecular complexity index is 369. The lowest BCUT2D eigenvalue weighted by Gasteiger charge is -2.00. The minimum absolute atomic E-state index is 0.104. The molecule has 0 aromatic carbocycles. The Morgan fingerprint density at radius 3 is 2.77 bits per heavy atom. The first-order valence-corrected chi connectivity index (χ1v) is 5.63. The molecule has 0 saturated carbocycles. The molecule has 0 unspecified atom stereocenters. The summed E-state index contributed by atoms with van der Waals surface area (Å²) in [5.41, 5.74) is 0.861. The van der Waals surface area contributed by atoms with Crippen molar-refractivity contribution in [3.8, 4) is 0 Å². The van der Waals surface area contributed by atoms with Gasteiger partial charge in [-0.15, -0.1) is 0 Å². The van der Waals surface area contributed by atoms with Crippen LogP contribution in [-0.2, 0) is 23.6 Å². The monoisotopic (exact) mass is 203 g/mol. The second-order valence-corrected chi connectivity index (χ2v) is 4.84.